The third-order valence-electron chi connectivity index (χ3n) is 2.27. The van der Waals surface area contributed by atoms with Gasteiger partial charge in [-0.2, -0.15) is 0 Å². The molecule has 0 aliphatic carbocycles. The van der Waals surface area contributed by atoms with Gasteiger partial charge < -0.3 is 15.3 Å². The van der Waals surface area contributed by atoms with E-state index in [2.05, 4.69) is 10.0 Å². The number of benzene rings is 1. The summed E-state index contributed by atoms with van der Waals surface area (Å²) in [7, 11) is 0. The van der Waals surface area contributed by atoms with Gasteiger partial charge in [0.15, 0.2) is 11.6 Å². The maximum atomic E-state index is 13.0. The smallest absolute Gasteiger partial charge is 0.165 e. The lowest BCUT2D eigenvalue weighted by molar-refractivity contribution is 0.0148. The highest BCUT2D eigenvalue weighted by Crippen LogP contribution is 2.23. The summed E-state index contributed by atoms with van der Waals surface area (Å²) in [5, 5.41) is 31.4. The normalized spacial score (nSPS) is 13.8. The first kappa shape index (κ1) is 13.2. The van der Waals surface area contributed by atoms with Crippen LogP contribution in [0.1, 0.15) is 18.1 Å². The molecule has 1 rings (SSSR count). The highest BCUT2D eigenvalue weighted by Gasteiger charge is 2.18. The lowest BCUT2D eigenvalue weighted by atomic mass is 10.0. The molecule has 0 aromatic heterocycles. The molecule has 1 aromatic rings. The van der Waals surface area contributed by atoms with Crippen LogP contribution in [0.4, 0.5) is 4.39 Å². The summed E-state index contributed by atoms with van der Waals surface area (Å²) in [5.74, 6) is -1.40. The first-order valence-corrected chi connectivity index (χ1v) is 4.91. The van der Waals surface area contributed by atoms with Crippen molar-refractivity contribution in [2.45, 2.75) is 18.6 Å². The summed E-state index contributed by atoms with van der Waals surface area (Å²) >= 11 is 0. The first-order chi connectivity index (χ1) is 8.06. The van der Waals surface area contributed by atoms with Gasteiger partial charge in [0.25, 0.3) is 0 Å². The Hall–Kier alpha value is -1.82. The van der Waals surface area contributed by atoms with Crippen LogP contribution in [-0.4, -0.2) is 28.0 Å². The van der Waals surface area contributed by atoms with E-state index >= 15 is 0 Å². The van der Waals surface area contributed by atoms with Crippen LogP contribution < -0.4 is 0 Å². The van der Waals surface area contributed by atoms with Gasteiger partial charge in [0, 0.05) is 11.5 Å². The summed E-state index contributed by atoms with van der Waals surface area (Å²) in [4.78, 5) is 2.50. The van der Waals surface area contributed by atoms with Crippen molar-refractivity contribution < 1.29 is 19.7 Å². The number of hydrogen-bond donors (Lipinski definition) is 3. The van der Waals surface area contributed by atoms with E-state index in [1.165, 1.54) is 6.07 Å². The second-order valence-corrected chi connectivity index (χ2v) is 3.47. The molecule has 1 aromatic carbocycles. The number of hydrogen-bond acceptors (Lipinski definition) is 4. The molecule has 0 bridgehead atoms. The maximum Gasteiger partial charge on any atom is 0.165 e. The summed E-state index contributed by atoms with van der Waals surface area (Å²) in [6.07, 6.45) is -2.39. The number of aliphatic hydroxyl groups is 2. The second-order valence-electron chi connectivity index (χ2n) is 3.47. The quantitative estimate of drug-likeness (QED) is 0.414. The molecule has 0 aliphatic rings. The molecule has 0 fully saturated rings. The molecule has 2 atom stereocenters. The van der Waals surface area contributed by atoms with Gasteiger partial charge in [-0.15, -0.1) is 0 Å². The molecule has 0 aliphatic heterocycles. The van der Waals surface area contributed by atoms with E-state index in [1.54, 1.807) is 0 Å². The van der Waals surface area contributed by atoms with Gasteiger partial charge in [-0.1, -0.05) is 11.2 Å². The van der Waals surface area contributed by atoms with Crippen molar-refractivity contribution in [1.82, 2.24) is 0 Å². The first-order valence-electron chi connectivity index (χ1n) is 4.91. The molecule has 0 amide bonds. The monoisotopic (exact) mass is 241 g/mol. The van der Waals surface area contributed by atoms with Gasteiger partial charge in [-0.3, -0.25) is 0 Å². The van der Waals surface area contributed by atoms with Crippen LogP contribution in [-0.2, 0) is 0 Å². The lowest BCUT2D eigenvalue weighted by Crippen LogP contribution is -2.19. The van der Waals surface area contributed by atoms with Gasteiger partial charge >= 0.3 is 0 Å². The zero-order valence-electron chi connectivity index (χ0n) is 8.86. The number of phenols is 1. The Kier molecular flexibility index (Phi) is 4.71. The van der Waals surface area contributed by atoms with Gasteiger partial charge in [-0.05, 0) is 29.6 Å². The van der Waals surface area contributed by atoms with Crippen LogP contribution in [0.3, 0.4) is 0 Å². The van der Waals surface area contributed by atoms with E-state index in [0.717, 1.165) is 12.1 Å². The molecule has 7 heteroatoms. The molecule has 0 spiro atoms. The van der Waals surface area contributed by atoms with E-state index < -0.39 is 23.8 Å². The van der Waals surface area contributed by atoms with Crippen molar-refractivity contribution in [2.24, 2.45) is 5.11 Å². The number of phenolic OH excluding ortho intramolecular Hbond substituents is 1. The van der Waals surface area contributed by atoms with E-state index in [0.29, 0.717) is 0 Å². The highest BCUT2D eigenvalue weighted by atomic mass is 19.1. The predicted octanol–water partition coefficient (Wildman–Crippen LogP) is 1.63. The van der Waals surface area contributed by atoms with Crippen molar-refractivity contribution in [3.05, 3.63) is 40.0 Å². The van der Waals surface area contributed by atoms with Gasteiger partial charge in [-0.25, -0.2) is 4.39 Å². The van der Waals surface area contributed by atoms with Crippen LogP contribution in [0.5, 0.6) is 5.75 Å². The summed E-state index contributed by atoms with van der Waals surface area (Å²) in [6.45, 7) is 0.0370. The number of azide groups is 1. The Balaban J connectivity index is 2.70. The minimum absolute atomic E-state index is 0.0370. The standard InChI is InChI=1S/C10H12FN3O3/c11-7-5-6(1-2-8(7)15)10(17)9(16)3-4-13-14-12/h1-2,5,9-10,15-17H,3-4H2. The Labute approximate surface area is 96.6 Å². The van der Waals surface area contributed by atoms with Gasteiger partial charge in [0.05, 0.1) is 6.10 Å². The molecule has 17 heavy (non-hydrogen) atoms. The van der Waals surface area contributed by atoms with Gasteiger partial charge in [0.2, 0.25) is 0 Å². The molecule has 0 radical (unpaired) electrons. The zero-order chi connectivity index (χ0) is 12.8. The Morgan fingerprint density at radius 2 is 2.12 bits per heavy atom. The van der Waals surface area contributed by atoms with Crippen molar-refractivity contribution in [1.29, 1.82) is 0 Å². The third kappa shape index (κ3) is 3.60. The fourth-order valence-electron chi connectivity index (χ4n) is 1.32. The minimum Gasteiger partial charge on any atom is -0.505 e. The van der Waals surface area contributed by atoms with E-state index in [1.807, 2.05) is 0 Å². The van der Waals surface area contributed by atoms with Crippen molar-refractivity contribution >= 4 is 0 Å². The average Bonchev–Trinajstić information content (AvgIpc) is 2.32. The van der Waals surface area contributed by atoms with Crippen molar-refractivity contribution in [3.8, 4) is 5.75 Å². The van der Waals surface area contributed by atoms with Gasteiger partial charge in [0.1, 0.15) is 6.10 Å². The predicted molar refractivity (Wildman–Crippen MR) is 57.7 cm³/mol. The number of nitrogens with zero attached hydrogens (tertiary/aromatic N) is 3. The molecule has 0 heterocycles. The number of aliphatic hydroxyl groups excluding tert-OH is 2. The number of aromatic hydroxyl groups is 1. The van der Waals surface area contributed by atoms with Crippen LogP contribution in [0.15, 0.2) is 23.3 Å². The average molecular weight is 241 g/mol. The molecular weight excluding hydrogens is 229 g/mol. The summed E-state index contributed by atoms with van der Waals surface area (Å²) in [6, 6.07) is 3.34. The fraction of sp³-hybridized carbons (Fsp3) is 0.400. The van der Waals surface area contributed by atoms with E-state index in [4.69, 9.17) is 10.6 Å². The lowest BCUT2D eigenvalue weighted by Gasteiger charge is -2.17. The molecule has 0 saturated heterocycles. The van der Waals surface area contributed by atoms with E-state index in [-0.39, 0.29) is 18.5 Å². The third-order valence-corrected chi connectivity index (χ3v) is 2.27. The fourth-order valence-corrected chi connectivity index (χ4v) is 1.32. The molecule has 92 valence electrons. The van der Waals surface area contributed by atoms with Crippen LogP contribution in [0.25, 0.3) is 10.4 Å². The second kappa shape index (κ2) is 6.05. The Morgan fingerprint density at radius 1 is 1.41 bits per heavy atom. The highest BCUT2D eigenvalue weighted by molar-refractivity contribution is 5.29. The number of halogens is 1. The van der Waals surface area contributed by atoms with Crippen molar-refractivity contribution in [3.63, 3.8) is 0 Å². The SMILES string of the molecule is [N-]=[N+]=NCCC(O)C(O)c1ccc(O)c(F)c1. The molecule has 0 saturated carbocycles. The van der Waals surface area contributed by atoms with Crippen molar-refractivity contribution in [2.75, 3.05) is 6.54 Å². The topological polar surface area (TPSA) is 109 Å². The molecule has 2 unspecified atom stereocenters. The summed E-state index contributed by atoms with van der Waals surface area (Å²) < 4.78 is 13.0. The summed E-state index contributed by atoms with van der Waals surface area (Å²) in [5.41, 5.74) is 8.19. The zero-order valence-corrected chi connectivity index (χ0v) is 8.86. The van der Waals surface area contributed by atoms with E-state index in [9.17, 15) is 14.6 Å². The van der Waals surface area contributed by atoms with Crippen LogP contribution in [0, 0.1) is 5.82 Å². The number of rotatable bonds is 5. The van der Waals surface area contributed by atoms with Crippen LogP contribution >= 0.6 is 0 Å². The molecular formula is C10H12FN3O3. The maximum absolute atomic E-state index is 13.0. The minimum atomic E-state index is -1.29. The Morgan fingerprint density at radius 3 is 2.71 bits per heavy atom. The molecule has 3 N–H and O–H groups in total. The molecule has 6 nitrogen and oxygen atoms in total. The largest absolute Gasteiger partial charge is 0.505 e. The Bertz CT molecular complexity index is 435. The van der Waals surface area contributed by atoms with Crippen LogP contribution in [0.2, 0.25) is 0 Å².